The van der Waals surface area contributed by atoms with Crippen LogP contribution in [-0.4, -0.2) is 0 Å². The van der Waals surface area contributed by atoms with Crippen molar-refractivity contribution in [2.24, 2.45) is 11.8 Å². The molecule has 0 fully saturated rings. The summed E-state index contributed by atoms with van der Waals surface area (Å²) in [5.74, 6) is 1.91. The molecule has 0 aliphatic rings. The average Bonchev–Trinajstić information content (AvgIpc) is 2.31. The van der Waals surface area contributed by atoms with Crippen LogP contribution in [0.15, 0.2) is 0 Å². The lowest BCUT2D eigenvalue weighted by molar-refractivity contribution is 0.388. The molecule has 0 saturated carbocycles. The first-order chi connectivity index (χ1) is 8.20. The predicted molar refractivity (Wildman–Crippen MR) is 80.5 cm³/mol. The zero-order chi connectivity index (χ0) is 12.9. The van der Waals surface area contributed by atoms with Gasteiger partial charge in [-0.25, -0.2) is 0 Å². The summed E-state index contributed by atoms with van der Waals surface area (Å²) in [5.41, 5.74) is 0. The van der Waals surface area contributed by atoms with Gasteiger partial charge in [-0.15, -0.1) is 0 Å². The summed E-state index contributed by atoms with van der Waals surface area (Å²) >= 11 is 0. The third kappa shape index (κ3) is 12.2. The van der Waals surface area contributed by atoms with Gasteiger partial charge < -0.3 is 0 Å². The minimum Gasteiger partial charge on any atom is -0.0654 e. The van der Waals surface area contributed by atoms with E-state index in [0.717, 1.165) is 11.8 Å². The van der Waals surface area contributed by atoms with Crippen LogP contribution in [-0.2, 0) is 0 Å². The average molecular weight is 240 g/mol. The molecule has 0 aromatic carbocycles. The van der Waals surface area contributed by atoms with Gasteiger partial charge in [0.2, 0.25) is 0 Å². The Bertz CT molecular complexity index is 137. The van der Waals surface area contributed by atoms with Crippen molar-refractivity contribution in [2.75, 3.05) is 0 Å². The van der Waals surface area contributed by atoms with Crippen molar-refractivity contribution >= 4 is 0 Å². The molecule has 0 aliphatic carbocycles. The second-order valence-corrected chi connectivity index (χ2v) is 6.16. The first kappa shape index (κ1) is 17.0. The summed E-state index contributed by atoms with van der Waals surface area (Å²) in [6.45, 7) is 9.35. The Kier molecular flexibility index (Phi) is 12.5. The first-order valence-corrected chi connectivity index (χ1v) is 8.20. The zero-order valence-electron chi connectivity index (χ0n) is 12.9. The second kappa shape index (κ2) is 12.5. The summed E-state index contributed by atoms with van der Waals surface area (Å²) < 4.78 is 0. The molecule has 0 bridgehead atoms. The Hall–Kier alpha value is 0. The molecule has 0 aromatic heterocycles. The first-order valence-electron chi connectivity index (χ1n) is 8.20. The van der Waals surface area contributed by atoms with Crippen molar-refractivity contribution in [1.29, 1.82) is 0 Å². The lowest BCUT2D eigenvalue weighted by Crippen LogP contribution is -1.99. The molecule has 0 aromatic rings. The van der Waals surface area contributed by atoms with Gasteiger partial charge in [-0.05, 0) is 11.8 Å². The minimum atomic E-state index is 0.893. The van der Waals surface area contributed by atoms with Gasteiger partial charge in [0, 0.05) is 0 Å². The summed E-state index contributed by atoms with van der Waals surface area (Å²) in [5, 5.41) is 0. The van der Waals surface area contributed by atoms with Gasteiger partial charge in [0.1, 0.15) is 0 Å². The normalized spacial score (nSPS) is 13.2. The largest absolute Gasteiger partial charge is 0.0654 e. The highest BCUT2D eigenvalue weighted by molar-refractivity contribution is 4.59. The number of unbranched alkanes of at least 4 members (excludes halogenated alkanes) is 5. The highest BCUT2D eigenvalue weighted by atomic mass is 14.1. The van der Waals surface area contributed by atoms with Crippen LogP contribution in [0.3, 0.4) is 0 Å². The molecule has 0 aliphatic heterocycles. The fourth-order valence-corrected chi connectivity index (χ4v) is 2.57. The van der Waals surface area contributed by atoms with Gasteiger partial charge in [-0.2, -0.15) is 0 Å². The lowest BCUT2D eigenvalue weighted by Gasteiger charge is -2.14. The standard InChI is InChI=1S/C17H36/c1-5-7-8-9-10-14-17(6-2)15-12-11-13-16(3)4/h16-17H,5-15H2,1-4H3. The van der Waals surface area contributed by atoms with Crippen molar-refractivity contribution < 1.29 is 0 Å². The molecule has 0 saturated heterocycles. The Balaban J connectivity index is 3.36. The summed E-state index contributed by atoms with van der Waals surface area (Å²) in [7, 11) is 0. The molecule has 0 spiro atoms. The van der Waals surface area contributed by atoms with Crippen LogP contribution < -0.4 is 0 Å². The topological polar surface area (TPSA) is 0 Å². The summed E-state index contributed by atoms with van der Waals surface area (Å²) in [6.07, 6.45) is 15.9. The molecule has 0 amide bonds. The molecule has 0 heteroatoms. The van der Waals surface area contributed by atoms with Crippen LogP contribution in [0.25, 0.3) is 0 Å². The highest BCUT2D eigenvalue weighted by Gasteiger charge is 2.06. The fourth-order valence-electron chi connectivity index (χ4n) is 2.57. The van der Waals surface area contributed by atoms with Crippen LogP contribution >= 0.6 is 0 Å². The third-order valence-corrected chi connectivity index (χ3v) is 3.94. The molecule has 1 unspecified atom stereocenters. The Morgan fingerprint density at radius 1 is 0.647 bits per heavy atom. The van der Waals surface area contributed by atoms with Crippen molar-refractivity contribution in [3.05, 3.63) is 0 Å². The zero-order valence-corrected chi connectivity index (χ0v) is 12.9. The quantitative estimate of drug-likeness (QED) is 0.338. The van der Waals surface area contributed by atoms with Crippen LogP contribution in [0.5, 0.6) is 0 Å². The van der Waals surface area contributed by atoms with Crippen molar-refractivity contribution in [2.45, 2.75) is 98.3 Å². The number of hydrogen-bond acceptors (Lipinski definition) is 0. The van der Waals surface area contributed by atoms with E-state index in [4.69, 9.17) is 0 Å². The molecule has 104 valence electrons. The van der Waals surface area contributed by atoms with E-state index in [2.05, 4.69) is 27.7 Å². The molecular weight excluding hydrogens is 204 g/mol. The van der Waals surface area contributed by atoms with Crippen LogP contribution in [0, 0.1) is 11.8 Å². The molecule has 0 rings (SSSR count). The van der Waals surface area contributed by atoms with Crippen LogP contribution in [0.2, 0.25) is 0 Å². The van der Waals surface area contributed by atoms with E-state index >= 15 is 0 Å². The Labute approximate surface area is 111 Å². The molecule has 0 heterocycles. The molecule has 17 heavy (non-hydrogen) atoms. The monoisotopic (exact) mass is 240 g/mol. The van der Waals surface area contributed by atoms with Crippen molar-refractivity contribution in [1.82, 2.24) is 0 Å². The predicted octanol–water partition coefficient (Wildman–Crippen LogP) is 6.59. The van der Waals surface area contributed by atoms with E-state index in [1.807, 2.05) is 0 Å². The van der Waals surface area contributed by atoms with E-state index < -0.39 is 0 Å². The van der Waals surface area contributed by atoms with Gasteiger partial charge in [-0.1, -0.05) is 98.3 Å². The van der Waals surface area contributed by atoms with E-state index in [0.29, 0.717) is 0 Å². The van der Waals surface area contributed by atoms with Gasteiger partial charge in [-0.3, -0.25) is 0 Å². The van der Waals surface area contributed by atoms with E-state index in [1.54, 1.807) is 0 Å². The Morgan fingerprint density at radius 2 is 1.18 bits per heavy atom. The van der Waals surface area contributed by atoms with Crippen molar-refractivity contribution in [3.63, 3.8) is 0 Å². The molecule has 0 N–H and O–H groups in total. The Morgan fingerprint density at radius 3 is 1.71 bits per heavy atom. The van der Waals surface area contributed by atoms with E-state index in [9.17, 15) is 0 Å². The molecule has 0 nitrogen and oxygen atoms in total. The maximum Gasteiger partial charge on any atom is -0.0417 e. The van der Waals surface area contributed by atoms with E-state index in [1.165, 1.54) is 70.6 Å². The summed E-state index contributed by atoms with van der Waals surface area (Å²) in [4.78, 5) is 0. The third-order valence-electron chi connectivity index (χ3n) is 3.94. The maximum atomic E-state index is 2.37. The van der Waals surface area contributed by atoms with Gasteiger partial charge in [0.25, 0.3) is 0 Å². The second-order valence-electron chi connectivity index (χ2n) is 6.16. The SMILES string of the molecule is CCCCCCCC(CC)CCCCC(C)C. The number of rotatable bonds is 12. The highest BCUT2D eigenvalue weighted by Crippen LogP contribution is 2.21. The molecule has 1 atom stereocenters. The van der Waals surface area contributed by atoms with E-state index in [-0.39, 0.29) is 0 Å². The number of hydrogen-bond donors (Lipinski definition) is 0. The van der Waals surface area contributed by atoms with Crippen LogP contribution in [0.4, 0.5) is 0 Å². The fraction of sp³-hybridized carbons (Fsp3) is 1.00. The lowest BCUT2D eigenvalue weighted by atomic mass is 9.92. The van der Waals surface area contributed by atoms with Crippen LogP contribution in [0.1, 0.15) is 98.3 Å². The van der Waals surface area contributed by atoms with Crippen molar-refractivity contribution in [3.8, 4) is 0 Å². The van der Waals surface area contributed by atoms with Gasteiger partial charge >= 0.3 is 0 Å². The van der Waals surface area contributed by atoms with Gasteiger partial charge in [0.15, 0.2) is 0 Å². The summed E-state index contributed by atoms with van der Waals surface area (Å²) in [6, 6.07) is 0. The maximum absolute atomic E-state index is 2.37. The molecular formula is C17H36. The molecule has 0 radical (unpaired) electrons. The smallest absolute Gasteiger partial charge is 0.0417 e. The minimum absolute atomic E-state index is 0.893. The van der Waals surface area contributed by atoms with Gasteiger partial charge in [0.05, 0.1) is 0 Å².